The lowest BCUT2D eigenvalue weighted by molar-refractivity contribution is 0.102. The minimum absolute atomic E-state index is 0.0339. The maximum atomic E-state index is 13.0. The third-order valence-corrected chi connectivity index (χ3v) is 7.27. The Hall–Kier alpha value is -3.27. The number of thioether (sulfide) groups is 1. The van der Waals surface area contributed by atoms with E-state index in [-0.39, 0.29) is 11.9 Å². The molecule has 1 aromatic heterocycles. The van der Waals surface area contributed by atoms with Gasteiger partial charge >= 0.3 is 0 Å². The molecule has 1 amide bonds. The molecule has 2 N–H and O–H groups in total. The Morgan fingerprint density at radius 3 is 2.76 bits per heavy atom. The minimum Gasteiger partial charge on any atom is -0.320 e. The van der Waals surface area contributed by atoms with Crippen LogP contribution < -0.4 is 10.6 Å². The van der Waals surface area contributed by atoms with Crippen molar-refractivity contribution in [3.05, 3.63) is 77.1 Å². The number of benzene rings is 2. The minimum atomic E-state index is -0.273. The Morgan fingerprint density at radius 1 is 1.09 bits per heavy atom. The van der Waals surface area contributed by atoms with E-state index in [4.69, 9.17) is 4.99 Å². The molecule has 3 aromatic rings. The molecule has 8 nitrogen and oxygen atoms in total. The molecule has 3 aliphatic heterocycles. The van der Waals surface area contributed by atoms with Gasteiger partial charge in [0.05, 0.1) is 29.8 Å². The fourth-order valence-corrected chi connectivity index (χ4v) is 5.51. The van der Waals surface area contributed by atoms with Crippen LogP contribution in [-0.2, 0) is 0 Å². The van der Waals surface area contributed by atoms with Gasteiger partial charge in [-0.25, -0.2) is 4.98 Å². The summed E-state index contributed by atoms with van der Waals surface area (Å²) in [7, 11) is 0. The topological polar surface area (TPSA) is 85.8 Å². The second-order valence-corrected chi connectivity index (χ2v) is 9.41. The van der Waals surface area contributed by atoms with Gasteiger partial charge in [0, 0.05) is 49.7 Å². The lowest BCUT2D eigenvalue weighted by Crippen LogP contribution is -2.45. The molecule has 3 aliphatic rings. The van der Waals surface area contributed by atoms with Gasteiger partial charge in [0.25, 0.3) is 5.91 Å². The standard InChI is InChI=1S/C25H25N7OS/c33-24(22-13-27-20-7-3-4-8-21(20)28-22)29-19-6-2-1-5-18(19)23-15-32-17(16-34-25(32)30-23)14-31-11-9-26-10-12-31/h1-8,13,16,23,26H,9-12,14-15H2,(H,29,33). The van der Waals surface area contributed by atoms with Gasteiger partial charge in [0.1, 0.15) is 5.69 Å². The summed E-state index contributed by atoms with van der Waals surface area (Å²) in [4.78, 5) is 31.7. The van der Waals surface area contributed by atoms with E-state index in [1.54, 1.807) is 11.8 Å². The number of hydrogen-bond acceptors (Lipinski definition) is 8. The van der Waals surface area contributed by atoms with Gasteiger partial charge < -0.3 is 15.5 Å². The summed E-state index contributed by atoms with van der Waals surface area (Å²) in [5.41, 5.74) is 4.84. The van der Waals surface area contributed by atoms with Crippen molar-refractivity contribution >= 4 is 39.6 Å². The van der Waals surface area contributed by atoms with Crippen LogP contribution in [0.5, 0.6) is 0 Å². The van der Waals surface area contributed by atoms with Crippen molar-refractivity contribution in [2.45, 2.75) is 6.04 Å². The zero-order valence-corrected chi connectivity index (χ0v) is 19.5. The number of rotatable bonds is 5. The first kappa shape index (κ1) is 21.3. The highest BCUT2D eigenvalue weighted by molar-refractivity contribution is 8.16. The highest BCUT2D eigenvalue weighted by Crippen LogP contribution is 2.39. The molecule has 0 saturated carbocycles. The number of nitrogens with one attached hydrogen (secondary N) is 2. The molecule has 172 valence electrons. The molecule has 4 heterocycles. The molecular weight excluding hydrogens is 446 g/mol. The fourth-order valence-electron chi connectivity index (χ4n) is 4.56. The molecule has 34 heavy (non-hydrogen) atoms. The number of para-hydroxylation sites is 3. The number of carbonyl (C=O) groups excluding carboxylic acids is 1. The van der Waals surface area contributed by atoms with Crippen LogP contribution in [0.25, 0.3) is 11.0 Å². The van der Waals surface area contributed by atoms with Crippen LogP contribution >= 0.6 is 11.8 Å². The van der Waals surface area contributed by atoms with Gasteiger partial charge in [0.15, 0.2) is 5.17 Å². The van der Waals surface area contributed by atoms with Gasteiger partial charge in [-0.2, -0.15) is 0 Å². The molecule has 1 atom stereocenters. The second kappa shape index (κ2) is 9.17. The van der Waals surface area contributed by atoms with Crippen molar-refractivity contribution in [1.29, 1.82) is 0 Å². The lowest BCUT2D eigenvalue weighted by atomic mass is 10.0. The summed E-state index contributed by atoms with van der Waals surface area (Å²) in [6, 6.07) is 15.4. The second-order valence-electron chi connectivity index (χ2n) is 8.58. The number of aromatic nitrogens is 2. The van der Waals surface area contributed by atoms with E-state index < -0.39 is 0 Å². The SMILES string of the molecule is O=C(Nc1ccccc1C1CN2C(CN3CCNCC3)=CSC2=N1)c1cnc2ccccc2n1. The van der Waals surface area contributed by atoms with Gasteiger partial charge in [-0.3, -0.25) is 19.7 Å². The molecule has 0 radical (unpaired) electrons. The van der Waals surface area contributed by atoms with Gasteiger partial charge in [-0.15, -0.1) is 0 Å². The monoisotopic (exact) mass is 471 g/mol. The molecule has 1 saturated heterocycles. The Bertz CT molecular complexity index is 1300. The first-order valence-electron chi connectivity index (χ1n) is 11.5. The molecule has 0 aliphatic carbocycles. The molecule has 1 unspecified atom stereocenters. The summed E-state index contributed by atoms with van der Waals surface area (Å²) in [6.07, 6.45) is 1.52. The maximum Gasteiger partial charge on any atom is 0.275 e. The van der Waals surface area contributed by atoms with Crippen LogP contribution in [-0.4, -0.2) is 70.1 Å². The molecular formula is C25H25N7OS. The van der Waals surface area contributed by atoms with Crippen LogP contribution in [0.3, 0.4) is 0 Å². The van der Waals surface area contributed by atoms with Crippen molar-refractivity contribution in [2.75, 3.05) is 44.6 Å². The maximum absolute atomic E-state index is 13.0. The first-order chi connectivity index (χ1) is 16.7. The van der Waals surface area contributed by atoms with Crippen molar-refractivity contribution in [2.24, 2.45) is 4.99 Å². The number of nitrogens with zero attached hydrogens (tertiary/aromatic N) is 5. The van der Waals surface area contributed by atoms with E-state index in [0.717, 1.165) is 61.2 Å². The summed E-state index contributed by atoms with van der Waals surface area (Å²) in [5.74, 6) is -0.273. The van der Waals surface area contributed by atoms with E-state index in [1.807, 2.05) is 48.5 Å². The van der Waals surface area contributed by atoms with Gasteiger partial charge in [-0.05, 0) is 23.6 Å². The predicted molar refractivity (Wildman–Crippen MR) is 136 cm³/mol. The average Bonchev–Trinajstić information content (AvgIpc) is 3.46. The Morgan fingerprint density at radius 2 is 1.88 bits per heavy atom. The van der Waals surface area contributed by atoms with Crippen LogP contribution in [0, 0.1) is 0 Å². The van der Waals surface area contributed by atoms with Crippen LogP contribution in [0.4, 0.5) is 5.69 Å². The summed E-state index contributed by atoms with van der Waals surface area (Å²) in [6.45, 7) is 5.94. The number of fused-ring (bicyclic) bond motifs is 2. The fraction of sp³-hybridized carbons (Fsp3) is 0.280. The molecule has 1 fully saturated rings. The third kappa shape index (κ3) is 4.18. The van der Waals surface area contributed by atoms with Crippen LogP contribution in [0.2, 0.25) is 0 Å². The summed E-state index contributed by atoms with van der Waals surface area (Å²) < 4.78 is 0. The van der Waals surface area contributed by atoms with Crippen LogP contribution in [0.15, 0.2) is 70.8 Å². The molecule has 9 heteroatoms. The van der Waals surface area contributed by atoms with E-state index in [2.05, 4.69) is 35.8 Å². The van der Waals surface area contributed by atoms with E-state index in [9.17, 15) is 4.79 Å². The molecule has 2 aromatic carbocycles. The number of anilines is 1. The molecule has 0 bridgehead atoms. The largest absolute Gasteiger partial charge is 0.320 e. The Balaban J connectivity index is 1.18. The first-order valence-corrected chi connectivity index (χ1v) is 12.4. The van der Waals surface area contributed by atoms with Crippen LogP contribution in [0.1, 0.15) is 22.1 Å². The number of piperazine rings is 1. The predicted octanol–water partition coefficient (Wildman–Crippen LogP) is 3.09. The van der Waals surface area contributed by atoms with Crippen molar-refractivity contribution < 1.29 is 4.79 Å². The average molecular weight is 472 g/mol. The van der Waals surface area contributed by atoms with Crippen molar-refractivity contribution in [3.8, 4) is 0 Å². The number of aliphatic imine (C=N–C) groups is 1. The number of amides is 1. The summed E-state index contributed by atoms with van der Waals surface area (Å²) in [5, 5.41) is 9.72. The smallest absolute Gasteiger partial charge is 0.275 e. The molecule has 0 spiro atoms. The van der Waals surface area contributed by atoms with E-state index >= 15 is 0 Å². The quantitative estimate of drug-likeness (QED) is 0.591. The number of carbonyl (C=O) groups is 1. The normalized spacial score (nSPS) is 20.2. The molecule has 6 rings (SSSR count). The Labute approximate surface area is 202 Å². The highest BCUT2D eigenvalue weighted by Gasteiger charge is 2.34. The lowest BCUT2D eigenvalue weighted by Gasteiger charge is -2.29. The van der Waals surface area contributed by atoms with Crippen molar-refractivity contribution in [1.82, 2.24) is 25.1 Å². The van der Waals surface area contributed by atoms with E-state index in [0.29, 0.717) is 11.2 Å². The third-order valence-electron chi connectivity index (χ3n) is 6.34. The zero-order chi connectivity index (χ0) is 22.9. The Kier molecular flexibility index (Phi) is 5.74. The summed E-state index contributed by atoms with van der Waals surface area (Å²) >= 11 is 1.69. The number of amidine groups is 1. The van der Waals surface area contributed by atoms with Crippen molar-refractivity contribution in [3.63, 3.8) is 0 Å². The van der Waals surface area contributed by atoms with Gasteiger partial charge in [-0.1, -0.05) is 42.1 Å². The highest BCUT2D eigenvalue weighted by atomic mass is 32.2. The van der Waals surface area contributed by atoms with E-state index in [1.165, 1.54) is 11.9 Å². The number of hydrogen-bond donors (Lipinski definition) is 2. The van der Waals surface area contributed by atoms with Gasteiger partial charge in [0.2, 0.25) is 0 Å². The zero-order valence-electron chi connectivity index (χ0n) is 18.6.